The molecule has 2 spiro atoms. The molecule has 1 aliphatic heterocycles. The van der Waals surface area contributed by atoms with Crippen LogP contribution in [0, 0.1) is 51.2 Å². The Bertz CT molecular complexity index is 933. The van der Waals surface area contributed by atoms with E-state index in [0.717, 1.165) is 38.5 Å². The normalized spacial score (nSPS) is 60.2. The number of fused-ring (bicyclic) bond motifs is 4. The van der Waals surface area contributed by atoms with E-state index < -0.39 is 35.6 Å². The molecule has 5 saturated carbocycles. The number of rotatable bonds is 2. The van der Waals surface area contributed by atoms with Crippen molar-refractivity contribution in [2.75, 3.05) is 0 Å². The summed E-state index contributed by atoms with van der Waals surface area (Å²) in [7, 11) is 0. The third kappa shape index (κ3) is 2.61. The van der Waals surface area contributed by atoms with Crippen molar-refractivity contribution in [2.45, 2.75) is 135 Å². The molecule has 6 heteroatoms. The molecule has 0 amide bonds. The summed E-state index contributed by atoms with van der Waals surface area (Å²) < 4.78 is 6.54. The van der Waals surface area contributed by atoms with Gasteiger partial charge in [-0.05, 0) is 110 Å². The van der Waals surface area contributed by atoms with Gasteiger partial charge in [-0.1, -0.05) is 34.6 Å². The Morgan fingerprint density at radius 3 is 2.19 bits per heavy atom. The van der Waals surface area contributed by atoms with Gasteiger partial charge in [-0.25, -0.2) is 0 Å². The van der Waals surface area contributed by atoms with Gasteiger partial charge >= 0.3 is 0 Å². The number of ether oxygens (including phenoxy) is 1. The molecule has 6 nitrogen and oxygen atoms in total. The second-order valence-electron chi connectivity index (χ2n) is 15.6. The van der Waals surface area contributed by atoms with Crippen molar-refractivity contribution in [1.82, 2.24) is 0 Å². The first kappa shape index (κ1) is 26.0. The van der Waals surface area contributed by atoms with Crippen LogP contribution in [0.5, 0.6) is 0 Å². The molecule has 6 aliphatic rings. The Labute approximate surface area is 217 Å². The van der Waals surface area contributed by atoms with Crippen LogP contribution in [0.2, 0.25) is 0 Å². The zero-order valence-electron chi connectivity index (χ0n) is 23.5. The average Bonchev–Trinajstić information content (AvgIpc) is 3.27. The van der Waals surface area contributed by atoms with E-state index in [0.29, 0.717) is 18.3 Å². The zero-order valence-corrected chi connectivity index (χ0v) is 23.5. The van der Waals surface area contributed by atoms with Crippen molar-refractivity contribution in [3.63, 3.8) is 0 Å². The molecule has 1 heterocycles. The Kier molecular flexibility index (Phi) is 5.26. The lowest BCUT2D eigenvalue weighted by atomic mass is 9.43. The zero-order chi connectivity index (χ0) is 26.4. The van der Waals surface area contributed by atoms with Gasteiger partial charge in [0.25, 0.3) is 0 Å². The molecule has 0 aromatic carbocycles. The second kappa shape index (κ2) is 7.28. The summed E-state index contributed by atoms with van der Waals surface area (Å²) in [5, 5.41) is 44.5. The summed E-state index contributed by atoms with van der Waals surface area (Å²) in [6, 6.07) is 0. The van der Waals surface area contributed by atoms with Crippen LogP contribution in [-0.4, -0.2) is 62.1 Å². The van der Waals surface area contributed by atoms with Crippen molar-refractivity contribution < 1.29 is 25.2 Å². The highest BCUT2D eigenvalue weighted by Crippen LogP contribution is 2.90. The second-order valence-corrected chi connectivity index (χ2v) is 15.6. The van der Waals surface area contributed by atoms with E-state index in [-0.39, 0.29) is 45.5 Å². The van der Waals surface area contributed by atoms with Crippen molar-refractivity contribution >= 4 is 0 Å². The third-order valence-electron chi connectivity index (χ3n) is 14.0. The fourth-order valence-electron chi connectivity index (χ4n) is 12.4. The van der Waals surface area contributed by atoms with Crippen molar-refractivity contribution in [2.24, 2.45) is 57.0 Å². The molecule has 0 bridgehead atoms. The topological polar surface area (TPSA) is 116 Å². The van der Waals surface area contributed by atoms with Crippen LogP contribution in [-0.2, 0) is 4.74 Å². The molecule has 36 heavy (non-hydrogen) atoms. The van der Waals surface area contributed by atoms with Gasteiger partial charge in [-0.3, -0.25) is 0 Å². The van der Waals surface area contributed by atoms with Crippen LogP contribution in [0.1, 0.15) is 93.4 Å². The van der Waals surface area contributed by atoms with E-state index in [1.807, 2.05) is 0 Å². The van der Waals surface area contributed by atoms with Crippen LogP contribution < -0.4 is 5.73 Å². The third-order valence-corrected chi connectivity index (χ3v) is 14.0. The highest BCUT2D eigenvalue weighted by Gasteiger charge is 2.88. The lowest BCUT2D eigenvalue weighted by Gasteiger charge is -2.63. The summed E-state index contributed by atoms with van der Waals surface area (Å²) in [5.74, 6) is 1.64. The summed E-state index contributed by atoms with van der Waals surface area (Å²) in [5.41, 5.74) is 5.62. The average molecular weight is 506 g/mol. The number of hydrogen-bond donors (Lipinski definition) is 5. The standard InChI is InChI=1S/C30H51NO5/c1-15-14-17(23(33)26(5,6)35)36-22-21(15)27(7)12-13-29-16(2)28(29)11-10-20(32)25(3,4)18(28)8-9-19(29)30(27,31)24(22)34/h15-24,32-35H,8-14,31H2,1-7H3/t15-,16-,17-,18+,19-,20+,21-,22+,23-,24+,27-,28-,29+,30+/m1/s1. The first-order chi connectivity index (χ1) is 16.5. The molecule has 0 unspecified atom stereocenters. The number of aliphatic hydroxyl groups excluding tert-OH is 3. The van der Waals surface area contributed by atoms with Gasteiger partial charge in [0.1, 0.15) is 6.10 Å². The summed E-state index contributed by atoms with van der Waals surface area (Å²) >= 11 is 0. The van der Waals surface area contributed by atoms with Crippen LogP contribution in [0.25, 0.3) is 0 Å². The van der Waals surface area contributed by atoms with Crippen molar-refractivity contribution in [1.29, 1.82) is 0 Å². The summed E-state index contributed by atoms with van der Waals surface area (Å²) in [6.07, 6.45) is 3.81. The predicted octanol–water partition coefficient (Wildman–Crippen LogP) is 3.23. The first-order valence-corrected chi connectivity index (χ1v) is 14.7. The lowest BCUT2D eigenvalue weighted by Crippen LogP contribution is -2.70. The predicted molar refractivity (Wildman–Crippen MR) is 138 cm³/mol. The number of hydrogen-bond acceptors (Lipinski definition) is 6. The fourth-order valence-corrected chi connectivity index (χ4v) is 12.4. The Balaban J connectivity index is 1.39. The number of aliphatic hydroxyl groups is 4. The van der Waals surface area contributed by atoms with Crippen LogP contribution in [0.4, 0.5) is 0 Å². The SMILES string of the molecule is C[C@H]1[C@@]23CC[C@]4(C)[C@H]5[C@H](O[C@@H]([C@@H](O)C(C)(C)O)C[C@H]5C)[C@H](O)[C@@]4(N)[C@@H]2CC[C@H]2C(C)(C)[C@@H](O)CC[C@@]123. The van der Waals surface area contributed by atoms with Crippen LogP contribution in [0.3, 0.4) is 0 Å². The lowest BCUT2D eigenvalue weighted by molar-refractivity contribution is -0.201. The molecular formula is C30H51NO5. The monoisotopic (exact) mass is 505 g/mol. The maximum Gasteiger partial charge on any atom is 0.108 e. The molecule has 14 atom stereocenters. The van der Waals surface area contributed by atoms with Crippen molar-refractivity contribution in [3.8, 4) is 0 Å². The molecule has 5 aliphatic carbocycles. The van der Waals surface area contributed by atoms with Gasteiger partial charge in [0, 0.05) is 0 Å². The first-order valence-electron chi connectivity index (χ1n) is 14.7. The van der Waals surface area contributed by atoms with Crippen molar-refractivity contribution in [3.05, 3.63) is 0 Å². The van der Waals surface area contributed by atoms with E-state index in [1.165, 1.54) is 0 Å². The molecule has 6 fully saturated rings. The molecule has 0 aromatic heterocycles. The van der Waals surface area contributed by atoms with Crippen LogP contribution in [0.15, 0.2) is 0 Å². The Morgan fingerprint density at radius 1 is 0.944 bits per heavy atom. The van der Waals surface area contributed by atoms with E-state index >= 15 is 0 Å². The van der Waals surface area contributed by atoms with Gasteiger partial charge in [0.05, 0.1) is 35.6 Å². The maximum atomic E-state index is 12.1. The fraction of sp³-hybridized carbons (Fsp3) is 1.00. The smallest absolute Gasteiger partial charge is 0.108 e. The maximum absolute atomic E-state index is 12.1. The molecule has 6 N–H and O–H groups in total. The quantitative estimate of drug-likeness (QED) is 0.394. The van der Waals surface area contributed by atoms with Gasteiger partial charge in [0.15, 0.2) is 0 Å². The minimum Gasteiger partial charge on any atom is -0.393 e. The number of nitrogens with two attached hydrogens (primary N) is 1. The summed E-state index contributed by atoms with van der Waals surface area (Å²) in [6.45, 7) is 14.8. The summed E-state index contributed by atoms with van der Waals surface area (Å²) in [4.78, 5) is 0. The van der Waals surface area contributed by atoms with E-state index in [2.05, 4.69) is 34.6 Å². The highest BCUT2D eigenvalue weighted by atomic mass is 16.5. The van der Waals surface area contributed by atoms with Gasteiger partial charge in [0.2, 0.25) is 0 Å². The molecular weight excluding hydrogens is 454 g/mol. The molecule has 206 valence electrons. The molecule has 6 rings (SSSR count). The minimum absolute atomic E-state index is 0.0934. The Morgan fingerprint density at radius 2 is 1.56 bits per heavy atom. The highest BCUT2D eigenvalue weighted by molar-refractivity contribution is 5.37. The van der Waals surface area contributed by atoms with Gasteiger partial charge in [-0.2, -0.15) is 0 Å². The minimum atomic E-state index is -1.27. The molecule has 1 saturated heterocycles. The largest absolute Gasteiger partial charge is 0.393 e. The Hall–Kier alpha value is -0.240. The molecule has 0 aromatic rings. The van der Waals surface area contributed by atoms with Gasteiger partial charge < -0.3 is 30.9 Å². The van der Waals surface area contributed by atoms with Gasteiger partial charge in [-0.15, -0.1) is 0 Å². The molecule has 0 radical (unpaired) electrons. The van der Waals surface area contributed by atoms with Crippen LogP contribution >= 0.6 is 0 Å². The van der Waals surface area contributed by atoms with E-state index in [9.17, 15) is 20.4 Å². The van der Waals surface area contributed by atoms with E-state index in [4.69, 9.17) is 10.5 Å². The van der Waals surface area contributed by atoms with E-state index in [1.54, 1.807) is 13.8 Å².